The molecule has 0 spiro atoms. The molecule has 1 aromatic rings. The van der Waals surface area contributed by atoms with Gasteiger partial charge >= 0.3 is 0 Å². The molecule has 4 nitrogen and oxygen atoms in total. The Balaban J connectivity index is 1.86. The summed E-state index contributed by atoms with van der Waals surface area (Å²) in [4.78, 5) is 0.376. The van der Waals surface area contributed by atoms with Gasteiger partial charge in [0.1, 0.15) is 11.7 Å². The number of rotatable bonds is 3. The maximum Gasteiger partial charge on any atom is 0.243 e. The smallest absolute Gasteiger partial charge is 0.243 e. The normalized spacial score (nSPS) is 31.3. The predicted molar refractivity (Wildman–Crippen MR) is 67.8 cm³/mol. The Morgan fingerprint density at radius 2 is 2.06 bits per heavy atom. The van der Waals surface area contributed by atoms with Gasteiger partial charge in [-0.15, -0.1) is 0 Å². The van der Waals surface area contributed by atoms with Crippen LogP contribution in [0.15, 0.2) is 29.2 Å². The van der Waals surface area contributed by atoms with Crippen LogP contribution >= 0.6 is 0 Å². The first-order valence-electron chi connectivity index (χ1n) is 6.22. The minimum atomic E-state index is -3.35. The Bertz CT molecular complexity index is 562. The molecule has 0 aliphatic carbocycles. The van der Waals surface area contributed by atoms with Crippen LogP contribution in [0.25, 0.3) is 0 Å². The molecule has 0 saturated carbocycles. The van der Waals surface area contributed by atoms with Crippen molar-refractivity contribution in [1.29, 1.82) is 0 Å². The second kappa shape index (κ2) is 3.79. The quantitative estimate of drug-likeness (QED) is 0.781. The van der Waals surface area contributed by atoms with E-state index >= 15 is 0 Å². The third kappa shape index (κ3) is 1.69. The highest BCUT2D eigenvalue weighted by atomic mass is 32.2. The molecule has 0 N–H and O–H groups in total. The van der Waals surface area contributed by atoms with Crippen LogP contribution in [0.4, 0.5) is 0 Å². The van der Waals surface area contributed by atoms with E-state index in [1.54, 1.807) is 16.4 Å². The van der Waals surface area contributed by atoms with Crippen LogP contribution in [0.1, 0.15) is 18.9 Å². The Hall–Kier alpha value is -0.910. The zero-order chi connectivity index (χ0) is 13.0. The van der Waals surface area contributed by atoms with Crippen molar-refractivity contribution in [3.63, 3.8) is 0 Å². The fraction of sp³-hybridized carbons (Fsp3) is 0.538. The third-order valence-corrected chi connectivity index (χ3v) is 5.80. The number of nitrogens with zero attached hydrogens (tertiary/aromatic N) is 1. The van der Waals surface area contributed by atoms with Crippen LogP contribution in [-0.2, 0) is 14.8 Å². The molecule has 0 radical (unpaired) electrons. The largest absolute Gasteiger partial charge is 0.363 e. The zero-order valence-electron chi connectivity index (χ0n) is 10.6. The topological polar surface area (TPSA) is 49.9 Å². The van der Waals surface area contributed by atoms with Gasteiger partial charge in [-0.25, -0.2) is 8.42 Å². The number of sulfonamides is 1. The number of fused-ring (bicyclic) bond motifs is 1. The van der Waals surface area contributed by atoms with Crippen molar-refractivity contribution in [2.24, 2.45) is 0 Å². The highest BCUT2D eigenvalue weighted by molar-refractivity contribution is 7.89. The van der Waals surface area contributed by atoms with E-state index < -0.39 is 10.0 Å². The average Bonchev–Trinajstić information content (AvgIpc) is 2.92. The fourth-order valence-electron chi connectivity index (χ4n) is 2.61. The fourth-order valence-corrected chi connectivity index (χ4v) is 4.10. The van der Waals surface area contributed by atoms with Gasteiger partial charge in [-0.3, -0.25) is 0 Å². The van der Waals surface area contributed by atoms with Crippen LogP contribution in [0, 0.1) is 6.92 Å². The minimum Gasteiger partial charge on any atom is -0.363 e. The zero-order valence-corrected chi connectivity index (χ0v) is 11.4. The SMILES string of the molecule is CCC12CN(S(=O)(=O)c3ccc(C)cc3)CC1O2. The molecule has 2 unspecified atom stereocenters. The molecule has 98 valence electrons. The molecule has 3 rings (SSSR count). The van der Waals surface area contributed by atoms with E-state index in [1.807, 2.05) is 26.0 Å². The van der Waals surface area contributed by atoms with Gasteiger partial charge < -0.3 is 4.74 Å². The molecule has 0 aromatic heterocycles. The van der Waals surface area contributed by atoms with Crippen molar-refractivity contribution in [3.8, 4) is 0 Å². The summed E-state index contributed by atoms with van der Waals surface area (Å²) in [6.45, 7) is 4.97. The van der Waals surface area contributed by atoms with E-state index in [0.717, 1.165) is 12.0 Å². The number of epoxide rings is 1. The summed E-state index contributed by atoms with van der Waals surface area (Å²) in [5.74, 6) is 0. The molecule has 2 fully saturated rings. The molecule has 18 heavy (non-hydrogen) atoms. The molecule has 2 heterocycles. The number of hydrogen-bond donors (Lipinski definition) is 0. The minimum absolute atomic E-state index is 0.0997. The molecule has 0 bridgehead atoms. The molecule has 2 aliphatic rings. The lowest BCUT2D eigenvalue weighted by Gasteiger charge is -2.19. The lowest BCUT2D eigenvalue weighted by Crippen LogP contribution is -2.33. The van der Waals surface area contributed by atoms with Gasteiger partial charge in [0.25, 0.3) is 0 Å². The van der Waals surface area contributed by atoms with Crippen molar-refractivity contribution >= 4 is 10.0 Å². The maximum absolute atomic E-state index is 12.4. The Kier molecular flexibility index (Phi) is 2.56. The van der Waals surface area contributed by atoms with E-state index in [-0.39, 0.29) is 11.7 Å². The van der Waals surface area contributed by atoms with Crippen LogP contribution in [0.3, 0.4) is 0 Å². The molecule has 5 heteroatoms. The molecule has 2 saturated heterocycles. The average molecular weight is 267 g/mol. The van der Waals surface area contributed by atoms with Gasteiger partial charge in [0, 0.05) is 13.1 Å². The summed E-state index contributed by atoms with van der Waals surface area (Å²) in [5, 5.41) is 0. The first-order valence-corrected chi connectivity index (χ1v) is 7.66. The van der Waals surface area contributed by atoms with Crippen molar-refractivity contribution in [3.05, 3.63) is 29.8 Å². The summed E-state index contributed by atoms with van der Waals surface area (Å²) >= 11 is 0. The lowest BCUT2D eigenvalue weighted by molar-refractivity contribution is 0.211. The second-order valence-corrected chi connectivity index (χ2v) is 7.07. The molecule has 0 amide bonds. The van der Waals surface area contributed by atoms with Crippen molar-refractivity contribution in [2.45, 2.75) is 36.9 Å². The lowest BCUT2D eigenvalue weighted by atomic mass is 10.1. The van der Waals surface area contributed by atoms with Gasteiger partial charge in [-0.2, -0.15) is 4.31 Å². The second-order valence-electron chi connectivity index (χ2n) is 5.14. The van der Waals surface area contributed by atoms with E-state index in [0.29, 0.717) is 18.0 Å². The summed E-state index contributed by atoms with van der Waals surface area (Å²) < 4.78 is 32.0. The molecule has 2 aliphatic heterocycles. The first-order chi connectivity index (χ1) is 8.48. The van der Waals surface area contributed by atoms with E-state index in [1.165, 1.54) is 0 Å². The Labute approximate surface area is 108 Å². The number of ether oxygens (including phenoxy) is 1. The molecular weight excluding hydrogens is 250 g/mol. The van der Waals surface area contributed by atoms with Gasteiger partial charge in [0.2, 0.25) is 10.0 Å². The molecule has 2 atom stereocenters. The Morgan fingerprint density at radius 3 is 2.61 bits per heavy atom. The predicted octanol–water partition coefficient (Wildman–Crippen LogP) is 1.55. The first kappa shape index (κ1) is 12.1. The molecular formula is C13H17NO3S. The maximum atomic E-state index is 12.4. The van der Waals surface area contributed by atoms with Crippen molar-refractivity contribution in [1.82, 2.24) is 4.31 Å². The number of aryl methyl sites for hydroxylation is 1. The highest BCUT2D eigenvalue weighted by Crippen LogP contribution is 2.47. The number of hydrogen-bond acceptors (Lipinski definition) is 3. The van der Waals surface area contributed by atoms with Crippen molar-refractivity contribution < 1.29 is 13.2 Å². The van der Waals surface area contributed by atoms with Gasteiger partial charge in [0.15, 0.2) is 0 Å². The van der Waals surface area contributed by atoms with E-state index in [2.05, 4.69) is 0 Å². The van der Waals surface area contributed by atoms with Gasteiger partial charge in [0.05, 0.1) is 4.90 Å². The summed E-state index contributed by atoms with van der Waals surface area (Å²) in [6, 6.07) is 7.01. The van der Waals surface area contributed by atoms with Gasteiger partial charge in [-0.05, 0) is 25.5 Å². The van der Waals surface area contributed by atoms with Crippen LogP contribution in [0.5, 0.6) is 0 Å². The standard InChI is InChI=1S/C13H17NO3S/c1-3-13-9-14(8-12(13)17-13)18(15,16)11-6-4-10(2)5-7-11/h4-7,12H,3,8-9H2,1-2H3. The molecule has 1 aromatic carbocycles. The van der Waals surface area contributed by atoms with Crippen LogP contribution in [-0.4, -0.2) is 37.5 Å². The monoisotopic (exact) mass is 267 g/mol. The van der Waals surface area contributed by atoms with Gasteiger partial charge in [-0.1, -0.05) is 24.6 Å². The highest BCUT2D eigenvalue weighted by Gasteiger charge is 2.63. The van der Waals surface area contributed by atoms with E-state index in [9.17, 15) is 8.42 Å². The summed E-state index contributed by atoms with van der Waals surface area (Å²) in [6.07, 6.45) is 0.972. The van der Waals surface area contributed by atoms with E-state index in [4.69, 9.17) is 4.74 Å². The van der Waals surface area contributed by atoms with Crippen molar-refractivity contribution in [2.75, 3.05) is 13.1 Å². The van der Waals surface area contributed by atoms with Crippen LogP contribution in [0.2, 0.25) is 0 Å². The summed E-state index contributed by atoms with van der Waals surface area (Å²) in [7, 11) is -3.35. The third-order valence-electron chi connectivity index (χ3n) is 3.98. The number of morpholine rings is 1. The Morgan fingerprint density at radius 1 is 1.39 bits per heavy atom. The summed E-state index contributed by atoms with van der Waals surface area (Å²) in [5.41, 5.74) is 0.865. The number of benzene rings is 1. The van der Waals surface area contributed by atoms with Crippen LogP contribution < -0.4 is 0 Å².